The molecule has 0 atom stereocenters. The van der Waals surface area contributed by atoms with Gasteiger partial charge >= 0.3 is 0 Å². The van der Waals surface area contributed by atoms with Crippen LogP contribution >= 0.6 is 23.2 Å². The van der Waals surface area contributed by atoms with Crippen molar-refractivity contribution in [2.45, 2.75) is 13.2 Å². The smallest absolute Gasteiger partial charge is 0.291 e. The van der Waals surface area contributed by atoms with E-state index in [9.17, 15) is 4.79 Å². The number of nitrogens with one attached hydrogen (secondary N) is 1. The van der Waals surface area contributed by atoms with E-state index in [0.29, 0.717) is 28.0 Å². The van der Waals surface area contributed by atoms with E-state index in [2.05, 4.69) is 10.4 Å². The van der Waals surface area contributed by atoms with Crippen molar-refractivity contribution < 1.29 is 13.9 Å². The Labute approximate surface area is 205 Å². The van der Waals surface area contributed by atoms with Crippen LogP contribution in [0.4, 0.5) is 5.69 Å². The van der Waals surface area contributed by atoms with Gasteiger partial charge in [-0.25, -0.2) is 0 Å². The molecule has 0 bridgehead atoms. The third kappa shape index (κ3) is 5.09. The average molecular weight is 492 g/mol. The van der Waals surface area contributed by atoms with E-state index in [1.165, 1.54) is 0 Å². The van der Waals surface area contributed by atoms with Crippen LogP contribution in [0.2, 0.25) is 10.0 Å². The minimum Gasteiger partial charge on any atom is -0.486 e. The molecular formula is C26H19Cl2N3O3. The summed E-state index contributed by atoms with van der Waals surface area (Å²) in [5.41, 5.74) is 1.49. The molecule has 1 N–H and O–H groups in total. The van der Waals surface area contributed by atoms with Crippen molar-refractivity contribution in [1.29, 1.82) is 0 Å². The number of halogens is 2. The number of carbonyl (C=O) groups is 1. The van der Waals surface area contributed by atoms with Gasteiger partial charge in [0, 0.05) is 6.20 Å². The van der Waals surface area contributed by atoms with Gasteiger partial charge in [0.15, 0.2) is 5.76 Å². The van der Waals surface area contributed by atoms with Crippen LogP contribution in [0.15, 0.2) is 89.6 Å². The number of hydrogen-bond donors (Lipinski definition) is 1. The molecule has 0 saturated heterocycles. The van der Waals surface area contributed by atoms with Crippen LogP contribution in [-0.4, -0.2) is 15.7 Å². The monoisotopic (exact) mass is 491 g/mol. The molecule has 6 nitrogen and oxygen atoms in total. The number of fused-ring (bicyclic) bond motifs is 1. The molecule has 0 aliphatic rings. The highest BCUT2D eigenvalue weighted by Gasteiger charge is 2.13. The summed E-state index contributed by atoms with van der Waals surface area (Å²) in [5, 5.41) is 10.3. The molecule has 0 saturated carbocycles. The maximum atomic E-state index is 12.6. The van der Waals surface area contributed by atoms with Crippen LogP contribution in [-0.2, 0) is 13.2 Å². The Morgan fingerprint density at radius 1 is 0.971 bits per heavy atom. The van der Waals surface area contributed by atoms with Crippen molar-refractivity contribution in [3.8, 4) is 5.75 Å². The summed E-state index contributed by atoms with van der Waals surface area (Å²) in [6.45, 7) is 0.705. The van der Waals surface area contributed by atoms with E-state index in [0.717, 1.165) is 22.1 Å². The zero-order chi connectivity index (χ0) is 23.5. The van der Waals surface area contributed by atoms with Gasteiger partial charge in [0.1, 0.15) is 18.1 Å². The molecule has 0 aliphatic heterocycles. The van der Waals surface area contributed by atoms with Crippen LogP contribution in [0.5, 0.6) is 5.75 Å². The summed E-state index contributed by atoms with van der Waals surface area (Å²) >= 11 is 12.0. The fourth-order valence-electron chi connectivity index (χ4n) is 3.52. The lowest BCUT2D eigenvalue weighted by atomic mass is 10.1. The second-order valence-electron chi connectivity index (χ2n) is 7.69. The summed E-state index contributed by atoms with van der Waals surface area (Å²) in [6.07, 6.45) is 3.30. The van der Waals surface area contributed by atoms with Crippen LogP contribution in [0.1, 0.15) is 21.9 Å². The molecule has 0 aliphatic carbocycles. The molecule has 5 aromatic rings. The third-order valence-corrected chi connectivity index (χ3v) is 5.95. The zero-order valence-electron chi connectivity index (χ0n) is 17.9. The van der Waals surface area contributed by atoms with Gasteiger partial charge in [-0.15, -0.1) is 0 Å². The molecule has 170 valence electrons. The number of anilines is 1. The summed E-state index contributed by atoms with van der Waals surface area (Å²) in [4.78, 5) is 12.6. The highest BCUT2D eigenvalue weighted by atomic mass is 35.5. The minimum atomic E-state index is -0.369. The lowest BCUT2D eigenvalue weighted by Gasteiger charge is -2.06. The summed E-state index contributed by atoms with van der Waals surface area (Å²) in [6, 6.07) is 22.7. The van der Waals surface area contributed by atoms with Crippen LogP contribution < -0.4 is 10.1 Å². The molecule has 2 aromatic heterocycles. The Bertz CT molecular complexity index is 1480. The van der Waals surface area contributed by atoms with Gasteiger partial charge in [0.05, 0.1) is 28.5 Å². The molecule has 34 heavy (non-hydrogen) atoms. The number of ether oxygens (including phenoxy) is 1. The maximum Gasteiger partial charge on any atom is 0.291 e. The molecule has 1 amide bonds. The fraction of sp³-hybridized carbons (Fsp3) is 0.0769. The van der Waals surface area contributed by atoms with Crippen molar-refractivity contribution in [2.24, 2.45) is 0 Å². The topological polar surface area (TPSA) is 69.3 Å². The van der Waals surface area contributed by atoms with E-state index in [1.807, 2.05) is 48.5 Å². The Kier molecular flexibility index (Phi) is 6.25. The van der Waals surface area contributed by atoms with Gasteiger partial charge in [0.2, 0.25) is 0 Å². The van der Waals surface area contributed by atoms with Crippen LogP contribution in [0, 0.1) is 0 Å². The number of aromatic nitrogens is 2. The quantitative estimate of drug-likeness (QED) is 0.271. The highest BCUT2D eigenvalue weighted by molar-refractivity contribution is 6.42. The lowest BCUT2D eigenvalue weighted by molar-refractivity contribution is 0.0992. The number of hydrogen-bond acceptors (Lipinski definition) is 4. The Morgan fingerprint density at radius 3 is 2.68 bits per heavy atom. The van der Waals surface area contributed by atoms with E-state index < -0.39 is 0 Å². The summed E-state index contributed by atoms with van der Waals surface area (Å²) in [5.74, 6) is 1.10. The van der Waals surface area contributed by atoms with E-state index in [4.69, 9.17) is 32.4 Å². The zero-order valence-corrected chi connectivity index (χ0v) is 19.4. The van der Waals surface area contributed by atoms with Gasteiger partial charge in [0.25, 0.3) is 5.91 Å². The first-order valence-electron chi connectivity index (χ1n) is 10.5. The Hall–Kier alpha value is -3.74. The minimum absolute atomic E-state index is 0.189. The molecule has 8 heteroatoms. The molecule has 0 unspecified atom stereocenters. The summed E-state index contributed by atoms with van der Waals surface area (Å²) in [7, 11) is 0. The number of nitrogens with zero attached hydrogens (tertiary/aromatic N) is 2. The van der Waals surface area contributed by atoms with Gasteiger partial charge < -0.3 is 14.5 Å². The van der Waals surface area contributed by atoms with Crippen molar-refractivity contribution in [3.63, 3.8) is 0 Å². The number of furan rings is 1. The third-order valence-electron chi connectivity index (χ3n) is 5.21. The molecular weight excluding hydrogens is 473 g/mol. The molecule has 0 spiro atoms. The highest BCUT2D eigenvalue weighted by Crippen LogP contribution is 2.24. The van der Waals surface area contributed by atoms with Gasteiger partial charge in [-0.05, 0) is 52.7 Å². The second kappa shape index (κ2) is 9.63. The van der Waals surface area contributed by atoms with Crippen molar-refractivity contribution in [1.82, 2.24) is 9.78 Å². The van der Waals surface area contributed by atoms with Gasteiger partial charge in [-0.3, -0.25) is 9.48 Å². The fourth-order valence-corrected chi connectivity index (χ4v) is 3.84. The first-order valence-corrected chi connectivity index (χ1v) is 11.3. The number of carbonyl (C=O) groups excluding carboxylic acids is 1. The molecule has 0 radical (unpaired) electrons. The Balaban J connectivity index is 1.18. The predicted molar refractivity (Wildman–Crippen MR) is 133 cm³/mol. The molecule has 3 aromatic carbocycles. The first kappa shape index (κ1) is 22.1. The number of rotatable bonds is 7. The van der Waals surface area contributed by atoms with E-state index >= 15 is 0 Å². The van der Waals surface area contributed by atoms with Crippen molar-refractivity contribution in [3.05, 3.63) is 112 Å². The van der Waals surface area contributed by atoms with Crippen molar-refractivity contribution >= 4 is 45.6 Å². The van der Waals surface area contributed by atoms with Gasteiger partial charge in [-0.1, -0.05) is 59.6 Å². The molecule has 2 heterocycles. The Morgan fingerprint density at radius 2 is 1.82 bits per heavy atom. The number of amides is 1. The first-order chi connectivity index (χ1) is 16.5. The van der Waals surface area contributed by atoms with Gasteiger partial charge in [-0.2, -0.15) is 5.10 Å². The molecule has 5 rings (SSSR count). The lowest BCUT2D eigenvalue weighted by Crippen LogP contribution is -2.10. The van der Waals surface area contributed by atoms with Crippen molar-refractivity contribution in [2.75, 3.05) is 5.32 Å². The van der Waals surface area contributed by atoms with E-state index in [1.54, 1.807) is 41.3 Å². The second-order valence-corrected chi connectivity index (χ2v) is 8.51. The standard InChI is InChI=1S/C26H19Cl2N3O3/c27-23-9-5-17(11-24(23)28)14-31-15-20(13-29-31)30-26(32)25-10-8-22(34-25)16-33-21-7-6-18-3-1-2-4-19(18)12-21/h1-13,15H,14,16H2,(H,30,32). The largest absolute Gasteiger partial charge is 0.486 e. The van der Waals surface area contributed by atoms with E-state index in [-0.39, 0.29) is 18.3 Å². The normalized spacial score (nSPS) is 11.0. The SMILES string of the molecule is O=C(Nc1cnn(Cc2ccc(Cl)c(Cl)c2)c1)c1ccc(COc2ccc3ccccc3c2)o1. The van der Waals surface area contributed by atoms with Crippen LogP contribution in [0.25, 0.3) is 10.8 Å². The average Bonchev–Trinajstić information content (AvgIpc) is 3.50. The maximum absolute atomic E-state index is 12.6. The summed E-state index contributed by atoms with van der Waals surface area (Å²) < 4.78 is 13.2. The number of benzene rings is 3. The molecule has 0 fully saturated rings. The van der Waals surface area contributed by atoms with Crippen LogP contribution in [0.3, 0.4) is 0 Å². The predicted octanol–water partition coefficient (Wildman–Crippen LogP) is 6.82.